The van der Waals surface area contributed by atoms with Gasteiger partial charge in [-0.3, -0.25) is 4.57 Å². The molecule has 0 saturated heterocycles. The third-order valence-electron chi connectivity index (χ3n) is 3.51. The summed E-state index contributed by atoms with van der Waals surface area (Å²) in [5, 5.41) is 5.49. The minimum Gasteiger partial charge on any atom is -0.455 e. The highest BCUT2D eigenvalue weighted by Crippen LogP contribution is 2.27. The molecule has 0 aliphatic heterocycles. The summed E-state index contributed by atoms with van der Waals surface area (Å²) in [6.07, 6.45) is 1.58. The molecule has 1 aromatic carbocycles. The molecule has 8 heteroatoms. The monoisotopic (exact) mass is 341 g/mol. The molecule has 2 heterocycles. The first-order valence-corrected chi connectivity index (χ1v) is 7.83. The van der Waals surface area contributed by atoms with Gasteiger partial charge in [-0.05, 0) is 38.1 Å². The van der Waals surface area contributed by atoms with Gasteiger partial charge in [0.25, 0.3) is 0 Å². The highest BCUT2D eigenvalue weighted by Gasteiger charge is 2.11. The summed E-state index contributed by atoms with van der Waals surface area (Å²) in [6, 6.07) is 8.42. The third-order valence-corrected chi connectivity index (χ3v) is 3.51. The maximum Gasteiger partial charge on any atom is 0.327 e. The number of carbonyl (C=O) groups is 1. The van der Waals surface area contributed by atoms with Crippen molar-refractivity contribution in [1.29, 1.82) is 0 Å². The van der Waals surface area contributed by atoms with Gasteiger partial charge >= 0.3 is 11.7 Å². The number of aromatic amines is 1. The van der Waals surface area contributed by atoms with Crippen molar-refractivity contribution in [2.75, 3.05) is 5.32 Å². The van der Waals surface area contributed by atoms with Gasteiger partial charge in [-0.1, -0.05) is 0 Å². The summed E-state index contributed by atoms with van der Waals surface area (Å²) in [4.78, 5) is 30.3. The van der Waals surface area contributed by atoms with Crippen LogP contribution in [0.25, 0.3) is 11.2 Å². The molecule has 0 unspecified atom stereocenters. The van der Waals surface area contributed by atoms with E-state index in [4.69, 9.17) is 4.74 Å². The lowest BCUT2D eigenvalue weighted by molar-refractivity contribution is 0.250. The van der Waals surface area contributed by atoms with Crippen molar-refractivity contribution < 1.29 is 9.53 Å². The fraction of sp³-hybridized carbons (Fsp3) is 0.235. The predicted molar refractivity (Wildman–Crippen MR) is 95.1 cm³/mol. The second-order valence-corrected chi connectivity index (χ2v) is 5.88. The number of fused-ring (bicyclic) bond motifs is 1. The van der Waals surface area contributed by atoms with Crippen LogP contribution in [0.5, 0.6) is 11.5 Å². The highest BCUT2D eigenvalue weighted by molar-refractivity contribution is 5.89. The molecule has 3 N–H and O–H groups in total. The number of H-pyrrole nitrogens is 1. The normalized spacial score (nSPS) is 10.9. The number of ether oxygens (including phenoxy) is 1. The van der Waals surface area contributed by atoms with Crippen LogP contribution in [0.3, 0.4) is 0 Å². The van der Waals surface area contributed by atoms with Gasteiger partial charge in [-0.25, -0.2) is 14.6 Å². The zero-order valence-corrected chi connectivity index (χ0v) is 14.2. The lowest BCUT2D eigenvalue weighted by Crippen LogP contribution is -2.34. The van der Waals surface area contributed by atoms with Gasteiger partial charge in [0.1, 0.15) is 11.3 Å². The van der Waals surface area contributed by atoms with Crippen LogP contribution in [0.15, 0.2) is 41.3 Å². The molecule has 3 rings (SSSR count). The summed E-state index contributed by atoms with van der Waals surface area (Å²) in [5.74, 6) is 1.08. The standard InChI is InChI=1S/C17H19N5O3/c1-10(2)19-16(23)20-11-4-6-12(7-5-11)25-13-8-9-18-15-14(13)21-17(24)22(15)3/h4-10H,1-3H3,(H,21,24)(H2,19,20,23). The van der Waals surface area contributed by atoms with Gasteiger partial charge in [0.2, 0.25) is 0 Å². The molecule has 0 aliphatic rings. The number of rotatable bonds is 4. The number of carbonyl (C=O) groups excluding carboxylic acids is 1. The first-order valence-electron chi connectivity index (χ1n) is 7.83. The van der Waals surface area contributed by atoms with Crippen LogP contribution in [-0.4, -0.2) is 26.6 Å². The maximum absolute atomic E-state index is 11.7. The van der Waals surface area contributed by atoms with Crippen LogP contribution in [0.4, 0.5) is 10.5 Å². The Morgan fingerprint density at radius 3 is 2.64 bits per heavy atom. The van der Waals surface area contributed by atoms with Gasteiger partial charge in [0, 0.05) is 31.0 Å². The van der Waals surface area contributed by atoms with E-state index in [9.17, 15) is 9.59 Å². The quantitative estimate of drug-likeness (QED) is 0.679. The van der Waals surface area contributed by atoms with Gasteiger partial charge < -0.3 is 20.4 Å². The number of amides is 2. The van der Waals surface area contributed by atoms with E-state index in [0.717, 1.165) is 0 Å². The number of aryl methyl sites for hydroxylation is 1. The molecular formula is C17H19N5O3. The van der Waals surface area contributed by atoms with E-state index in [1.807, 2.05) is 13.8 Å². The number of nitrogens with zero attached hydrogens (tertiary/aromatic N) is 2. The number of aromatic nitrogens is 3. The Labute approximate surface area is 143 Å². The smallest absolute Gasteiger partial charge is 0.327 e. The molecule has 8 nitrogen and oxygen atoms in total. The fourth-order valence-corrected chi connectivity index (χ4v) is 2.34. The molecule has 2 amide bonds. The van der Waals surface area contributed by atoms with Crippen molar-refractivity contribution in [1.82, 2.24) is 19.9 Å². The molecule has 0 radical (unpaired) electrons. The number of urea groups is 1. The Kier molecular flexibility index (Phi) is 4.42. The summed E-state index contributed by atoms with van der Waals surface area (Å²) < 4.78 is 7.25. The van der Waals surface area contributed by atoms with Crippen LogP contribution >= 0.6 is 0 Å². The van der Waals surface area contributed by atoms with Crippen molar-refractivity contribution in [2.24, 2.45) is 7.05 Å². The molecule has 0 saturated carbocycles. The Hall–Kier alpha value is -3.29. The Balaban J connectivity index is 1.77. The number of nitrogens with one attached hydrogen (secondary N) is 3. The fourth-order valence-electron chi connectivity index (χ4n) is 2.34. The molecular weight excluding hydrogens is 322 g/mol. The van der Waals surface area contributed by atoms with Crippen LogP contribution in [-0.2, 0) is 7.05 Å². The van der Waals surface area contributed by atoms with E-state index in [1.54, 1.807) is 43.6 Å². The van der Waals surface area contributed by atoms with Crippen LogP contribution in [0.1, 0.15) is 13.8 Å². The number of anilines is 1. The molecule has 3 aromatic rings. The van der Waals surface area contributed by atoms with Crippen LogP contribution in [0.2, 0.25) is 0 Å². The number of hydrogen-bond donors (Lipinski definition) is 3. The first-order chi connectivity index (χ1) is 11.9. The van der Waals surface area contributed by atoms with Gasteiger partial charge in [0.05, 0.1) is 0 Å². The number of pyridine rings is 1. The SMILES string of the molecule is CC(C)NC(=O)Nc1ccc(Oc2ccnc3c2[nH]c(=O)n3C)cc1. The lowest BCUT2D eigenvalue weighted by atomic mass is 10.3. The van der Waals surface area contributed by atoms with Crippen molar-refractivity contribution in [2.45, 2.75) is 19.9 Å². The van der Waals surface area contributed by atoms with E-state index >= 15 is 0 Å². The average Bonchev–Trinajstić information content (AvgIpc) is 2.85. The Bertz CT molecular complexity index is 957. The van der Waals surface area contributed by atoms with Crippen LogP contribution in [0, 0.1) is 0 Å². The largest absolute Gasteiger partial charge is 0.455 e. The Morgan fingerprint density at radius 1 is 1.24 bits per heavy atom. The highest BCUT2D eigenvalue weighted by atomic mass is 16.5. The summed E-state index contributed by atoms with van der Waals surface area (Å²) in [5.41, 5.74) is 1.45. The maximum atomic E-state index is 11.7. The number of hydrogen-bond acceptors (Lipinski definition) is 4. The van der Waals surface area contributed by atoms with Gasteiger partial charge in [0.15, 0.2) is 11.4 Å². The number of benzene rings is 1. The minimum absolute atomic E-state index is 0.0599. The zero-order chi connectivity index (χ0) is 18.0. The Morgan fingerprint density at radius 2 is 1.96 bits per heavy atom. The minimum atomic E-state index is -0.263. The van der Waals surface area contributed by atoms with E-state index < -0.39 is 0 Å². The van der Waals surface area contributed by atoms with E-state index in [-0.39, 0.29) is 17.8 Å². The van der Waals surface area contributed by atoms with Crippen molar-refractivity contribution >= 4 is 22.9 Å². The second-order valence-electron chi connectivity index (χ2n) is 5.88. The van der Waals surface area contributed by atoms with E-state index in [0.29, 0.717) is 28.4 Å². The number of imidazole rings is 1. The molecule has 0 bridgehead atoms. The van der Waals surface area contributed by atoms with Gasteiger partial charge in [-0.15, -0.1) is 0 Å². The molecule has 130 valence electrons. The molecule has 0 fully saturated rings. The van der Waals surface area contributed by atoms with Crippen molar-refractivity contribution in [3.05, 3.63) is 47.0 Å². The zero-order valence-electron chi connectivity index (χ0n) is 14.2. The molecule has 0 atom stereocenters. The van der Waals surface area contributed by atoms with E-state index in [2.05, 4.69) is 20.6 Å². The molecule has 0 aliphatic carbocycles. The summed E-state index contributed by atoms with van der Waals surface area (Å²) >= 11 is 0. The lowest BCUT2D eigenvalue weighted by Gasteiger charge is -2.11. The first kappa shape index (κ1) is 16.6. The van der Waals surface area contributed by atoms with Gasteiger partial charge in [-0.2, -0.15) is 0 Å². The van der Waals surface area contributed by atoms with Crippen LogP contribution < -0.4 is 21.1 Å². The van der Waals surface area contributed by atoms with E-state index in [1.165, 1.54) is 4.57 Å². The topological polar surface area (TPSA) is 101 Å². The molecule has 2 aromatic heterocycles. The third kappa shape index (κ3) is 3.63. The van der Waals surface area contributed by atoms with Crippen molar-refractivity contribution in [3.8, 4) is 11.5 Å². The van der Waals surface area contributed by atoms with Crippen molar-refractivity contribution in [3.63, 3.8) is 0 Å². The molecule has 25 heavy (non-hydrogen) atoms. The summed E-state index contributed by atoms with van der Waals surface area (Å²) in [7, 11) is 1.64. The second kappa shape index (κ2) is 6.68. The average molecular weight is 341 g/mol. The summed E-state index contributed by atoms with van der Waals surface area (Å²) in [6.45, 7) is 3.78. The predicted octanol–water partition coefficient (Wildman–Crippen LogP) is 2.58. The molecule has 0 spiro atoms.